The highest BCUT2D eigenvalue weighted by atomic mass is 16.5. The molecule has 8 nitrogen and oxygen atoms in total. The summed E-state index contributed by atoms with van der Waals surface area (Å²) in [5.41, 5.74) is 4.74. The number of carboxylic acid groups (broad SMARTS) is 1. The normalized spacial score (nSPS) is 13.0. The molecule has 2 aromatic carbocycles. The molecule has 1 aliphatic rings. The SMILES string of the molecule is COC[C@H](NC(=O)CCCCCCNC(=O)OCC1c2ccccc2-c2ccccc21)C(=O)O. The van der Waals surface area contributed by atoms with Crippen molar-refractivity contribution in [3.8, 4) is 11.1 Å². The zero-order valence-electron chi connectivity index (χ0n) is 19.4. The van der Waals surface area contributed by atoms with E-state index in [0.29, 0.717) is 13.0 Å². The molecule has 3 rings (SSSR count). The largest absolute Gasteiger partial charge is 0.480 e. The summed E-state index contributed by atoms with van der Waals surface area (Å²) in [6.07, 6.45) is 2.90. The molecule has 0 unspecified atom stereocenters. The van der Waals surface area contributed by atoms with E-state index in [1.807, 2.05) is 24.3 Å². The van der Waals surface area contributed by atoms with Gasteiger partial charge in [0.25, 0.3) is 0 Å². The molecule has 2 amide bonds. The second-order valence-electron chi connectivity index (χ2n) is 8.33. The van der Waals surface area contributed by atoms with Gasteiger partial charge in [-0.3, -0.25) is 4.79 Å². The van der Waals surface area contributed by atoms with E-state index >= 15 is 0 Å². The number of ether oxygens (including phenoxy) is 2. The summed E-state index contributed by atoms with van der Waals surface area (Å²) in [5, 5.41) is 14.2. The summed E-state index contributed by atoms with van der Waals surface area (Å²) in [7, 11) is 1.39. The lowest BCUT2D eigenvalue weighted by Crippen LogP contribution is -2.43. The van der Waals surface area contributed by atoms with Crippen LogP contribution in [0.1, 0.15) is 49.1 Å². The van der Waals surface area contributed by atoms with Crippen LogP contribution in [-0.2, 0) is 19.1 Å². The number of rotatable bonds is 13. The Hall–Kier alpha value is -3.39. The average Bonchev–Trinajstić information content (AvgIpc) is 3.15. The molecule has 0 radical (unpaired) electrons. The third-order valence-electron chi connectivity index (χ3n) is 5.91. The second-order valence-corrected chi connectivity index (χ2v) is 8.33. The topological polar surface area (TPSA) is 114 Å². The molecule has 182 valence electrons. The van der Waals surface area contributed by atoms with E-state index in [2.05, 4.69) is 34.9 Å². The van der Waals surface area contributed by atoms with Crippen LogP contribution in [0.3, 0.4) is 0 Å². The van der Waals surface area contributed by atoms with Crippen molar-refractivity contribution in [2.75, 3.05) is 26.9 Å². The zero-order chi connectivity index (χ0) is 24.3. The summed E-state index contributed by atoms with van der Waals surface area (Å²) in [5.74, 6) is -1.38. The van der Waals surface area contributed by atoms with Gasteiger partial charge in [-0.15, -0.1) is 0 Å². The maximum absolute atomic E-state index is 12.2. The van der Waals surface area contributed by atoms with E-state index in [0.717, 1.165) is 19.3 Å². The third-order valence-corrected chi connectivity index (χ3v) is 5.91. The van der Waals surface area contributed by atoms with Gasteiger partial charge in [0.2, 0.25) is 5.91 Å². The highest BCUT2D eigenvalue weighted by Gasteiger charge is 2.28. The summed E-state index contributed by atoms with van der Waals surface area (Å²) in [6, 6.07) is 15.4. The molecule has 1 atom stereocenters. The van der Waals surface area contributed by atoms with E-state index < -0.39 is 18.1 Å². The number of nitrogens with one attached hydrogen (secondary N) is 2. The summed E-state index contributed by atoms with van der Waals surface area (Å²) in [4.78, 5) is 35.0. The molecule has 0 saturated carbocycles. The Bertz CT molecular complexity index is 947. The van der Waals surface area contributed by atoms with E-state index in [-0.39, 0.29) is 31.5 Å². The van der Waals surface area contributed by atoms with Crippen LogP contribution >= 0.6 is 0 Å². The fraction of sp³-hybridized carbons (Fsp3) is 0.423. The molecule has 0 heterocycles. The maximum atomic E-state index is 12.2. The number of alkyl carbamates (subject to hydrolysis) is 1. The number of unbranched alkanes of at least 4 members (excludes halogenated alkanes) is 3. The van der Waals surface area contributed by atoms with Gasteiger partial charge in [0, 0.05) is 26.0 Å². The quantitative estimate of drug-likeness (QED) is 0.386. The third kappa shape index (κ3) is 6.81. The van der Waals surface area contributed by atoms with Crippen LogP contribution in [0.4, 0.5) is 4.79 Å². The number of benzene rings is 2. The summed E-state index contributed by atoms with van der Waals surface area (Å²) < 4.78 is 10.3. The number of carbonyl (C=O) groups is 3. The molecule has 34 heavy (non-hydrogen) atoms. The lowest BCUT2D eigenvalue weighted by molar-refractivity contribution is -0.143. The number of carbonyl (C=O) groups excluding carboxylic acids is 2. The zero-order valence-corrected chi connectivity index (χ0v) is 19.4. The Kier molecular flexibility index (Phi) is 9.46. The number of fused-ring (bicyclic) bond motifs is 3. The van der Waals surface area contributed by atoms with Crippen molar-refractivity contribution >= 4 is 18.0 Å². The van der Waals surface area contributed by atoms with Gasteiger partial charge >= 0.3 is 12.1 Å². The molecule has 0 aliphatic heterocycles. The highest BCUT2D eigenvalue weighted by molar-refractivity contribution is 5.83. The van der Waals surface area contributed by atoms with Crippen molar-refractivity contribution < 1.29 is 29.0 Å². The van der Waals surface area contributed by atoms with Gasteiger partial charge in [0.1, 0.15) is 6.61 Å². The second kappa shape index (κ2) is 12.7. The van der Waals surface area contributed by atoms with E-state index in [1.165, 1.54) is 29.4 Å². The van der Waals surface area contributed by atoms with E-state index in [4.69, 9.17) is 14.6 Å². The minimum absolute atomic E-state index is 0.0360. The minimum atomic E-state index is -1.12. The predicted octanol–water partition coefficient (Wildman–Crippen LogP) is 3.69. The Morgan fingerprint density at radius 3 is 2.18 bits per heavy atom. The van der Waals surface area contributed by atoms with Crippen LogP contribution in [-0.4, -0.2) is 56.0 Å². The minimum Gasteiger partial charge on any atom is -0.480 e. The predicted molar refractivity (Wildman–Crippen MR) is 128 cm³/mol. The smallest absolute Gasteiger partial charge is 0.407 e. The Labute approximate surface area is 199 Å². The maximum Gasteiger partial charge on any atom is 0.407 e. The van der Waals surface area contributed by atoms with Gasteiger partial charge in [-0.05, 0) is 35.1 Å². The standard InChI is InChI=1S/C26H32N2O6/c1-33-17-23(25(30)31)28-24(29)14-4-2-3-9-15-27-26(32)34-16-22-20-12-7-5-10-18(20)19-11-6-8-13-21(19)22/h5-8,10-13,22-23H,2-4,9,14-17H2,1H3,(H,27,32)(H,28,29)(H,30,31)/t23-/m0/s1. The fourth-order valence-corrected chi connectivity index (χ4v) is 4.21. The van der Waals surface area contributed by atoms with Crippen LogP contribution < -0.4 is 10.6 Å². The molecule has 3 N–H and O–H groups in total. The first-order valence-electron chi connectivity index (χ1n) is 11.6. The van der Waals surface area contributed by atoms with Crippen molar-refractivity contribution in [3.63, 3.8) is 0 Å². The van der Waals surface area contributed by atoms with Crippen LogP contribution in [0, 0.1) is 0 Å². The van der Waals surface area contributed by atoms with Crippen LogP contribution in [0.25, 0.3) is 11.1 Å². The lowest BCUT2D eigenvalue weighted by Gasteiger charge is -2.14. The molecular formula is C26H32N2O6. The van der Waals surface area contributed by atoms with Gasteiger partial charge in [-0.2, -0.15) is 0 Å². The van der Waals surface area contributed by atoms with Gasteiger partial charge in [0.15, 0.2) is 6.04 Å². The number of carboxylic acids is 1. The average molecular weight is 469 g/mol. The van der Waals surface area contributed by atoms with Gasteiger partial charge in [0.05, 0.1) is 6.61 Å². The van der Waals surface area contributed by atoms with Gasteiger partial charge < -0.3 is 25.2 Å². The Balaban J connectivity index is 1.30. The molecule has 0 bridgehead atoms. The first-order chi connectivity index (χ1) is 16.5. The molecule has 0 aromatic heterocycles. The molecule has 8 heteroatoms. The summed E-state index contributed by atoms with van der Waals surface area (Å²) in [6.45, 7) is 0.718. The lowest BCUT2D eigenvalue weighted by atomic mass is 9.98. The van der Waals surface area contributed by atoms with Gasteiger partial charge in [-0.1, -0.05) is 61.4 Å². The molecule has 2 aromatic rings. The Morgan fingerprint density at radius 1 is 0.941 bits per heavy atom. The van der Waals surface area contributed by atoms with Gasteiger partial charge in [-0.25, -0.2) is 9.59 Å². The van der Waals surface area contributed by atoms with E-state index in [9.17, 15) is 14.4 Å². The number of methoxy groups -OCH3 is 1. The molecule has 0 saturated heterocycles. The fourth-order valence-electron chi connectivity index (χ4n) is 4.21. The highest BCUT2D eigenvalue weighted by Crippen LogP contribution is 2.44. The number of hydrogen-bond donors (Lipinski definition) is 3. The molecular weight excluding hydrogens is 436 g/mol. The molecule has 0 fully saturated rings. The first-order valence-corrected chi connectivity index (χ1v) is 11.6. The number of amides is 2. The number of aliphatic carboxylic acids is 1. The summed E-state index contributed by atoms with van der Waals surface area (Å²) >= 11 is 0. The van der Waals surface area contributed by atoms with Crippen molar-refractivity contribution in [2.24, 2.45) is 0 Å². The van der Waals surface area contributed by atoms with Crippen molar-refractivity contribution in [2.45, 2.75) is 44.1 Å². The molecule has 1 aliphatic carbocycles. The first kappa shape index (κ1) is 25.2. The van der Waals surface area contributed by atoms with Crippen LogP contribution in [0.5, 0.6) is 0 Å². The van der Waals surface area contributed by atoms with Crippen molar-refractivity contribution in [3.05, 3.63) is 59.7 Å². The van der Waals surface area contributed by atoms with Crippen LogP contribution in [0.2, 0.25) is 0 Å². The monoisotopic (exact) mass is 468 g/mol. The number of hydrogen-bond acceptors (Lipinski definition) is 5. The van der Waals surface area contributed by atoms with Crippen molar-refractivity contribution in [1.82, 2.24) is 10.6 Å². The Morgan fingerprint density at radius 2 is 1.56 bits per heavy atom. The molecule has 0 spiro atoms. The van der Waals surface area contributed by atoms with E-state index in [1.54, 1.807) is 0 Å². The van der Waals surface area contributed by atoms with Crippen molar-refractivity contribution in [1.29, 1.82) is 0 Å². The van der Waals surface area contributed by atoms with Crippen LogP contribution in [0.15, 0.2) is 48.5 Å².